The molecule has 0 saturated heterocycles. The number of rotatable bonds is 47. The average molecular weight is 925 g/mol. The van der Waals surface area contributed by atoms with Gasteiger partial charge in [0.1, 0.15) is 12.7 Å². The molecule has 3 unspecified atom stereocenters. The molecule has 0 aromatic carbocycles. The van der Waals surface area contributed by atoms with Crippen molar-refractivity contribution in [1.29, 1.82) is 0 Å². The van der Waals surface area contributed by atoms with Crippen LogP contribution in [-0.2, 0) is 42.2 Å². The highest BCUT2D eigenvalue weighted by atomic mass is 31.2. The molecule has 0 amide bonds. The van der Waals surface area contributed by atoms with E-state index in [0.717, 1.165) is 89.9 Å². The Balaban J connectivity index is 4.78. The fourth-order valence-corrected chi connectivity index (χ4v) is 7.66. The van der Waals surface area contributed by atoms with Gasteiger partial charge in [0, 0.05) is 19.3 Å². The molecule has 12 heteroatoms. The summed E-state index contributed by atoms with van der Waals surface area (Å²) in [6.07, 6.45) is 46.6. The van der Waals surface area contributed by atoms with Crippen LogP contribution in [0.3, 0.4) is 0 Å². The smallest absolute Gasteiger partial charge is 0.462 e. The summed E-state index contributed by atoms with van der Waals surface area (Å²) in [6.45, 7) is 4.46. The molecule has 11 nitrogen and oxygen atoms in total. The van der Waals surface area contributed by atoms with Crippen LogP contribution in [-0.4, -0.2) is 66.5 Å². The number of unbranched alkanes of at least 4 members (excludes halogenated alkanes) is 22. The number of ether oxygens (including phenoxy) is 3. The Morgan fingerprint density at radius 3 is 1.25 bits per heavy atom. The van der Waals surface area contributed by atoms with E-state index in [9.17, 15) is 28.9 Å². The largest absolute Gasteiger partial charge is 0.472 e. The van der Waals surface area contributed by atoms with Crippen molar-refractivity contribution in [2.24, 2.45) is 0 Å². The highest BCUT2D eigenvalue weighted by Gasteiger charge is 2.28. The van der Waals surface area contributed by atoms with Gasteiger partial charge in [0.15, 0.2) is 6.10 Å². The average Bonchev–Trinajstić information content (AvgIpc) is 3.28. The topological polar surface area (TPSA) is 155 Å². The number of phosphoric acid groups is 1. The first-order valence-corrected chi connectivity index (χ1v) is 27.0. The van der Waals surface area contributed by atoms with Crippen LogP contribution >= 0.6 is 7.82 Å². The van der Waals surface area contributed by atoms with Crippen LogP contribution in [0.25, 0.3) is 0 Å². The van der Waals surface area contributed by atoms with Gasteiger partial charge in [-0.3, -0.25) is 23.4 Å². The number of carbonyl (C=O) groups excluding carboxylic acids is 3. The van der Waals surface area contributed by atoms with Gasteiger partial charge >= 0.3 is 25.7 Å². The van der Waals surface area contributed by atoms with Gasteiger partial charge in [0.05, 0.1) is 19.8 Å². The molecule has 3 atom stereocenters. The van der Waals surface area contributed by atoms with Crippen LogP contribution in [0.2, 0.25) is 0 Å². The van der Waals surface area contributed by atoms with Crippen LogP contribution < -0.4 is 0 Å². The maximum absolute atomic E-state index is 12.8. The molecule has 0 saturated carbocycles. The second-order valence-electron chi connectivity index (χ2n) is 17.0. The van der Waals surface area contributed by atoms with Gasteiger partial charge in [-0.05, 0) is 57.8 Å². The predicted octanol–water partition coefficient (Wildman–Crippen LogP) is 14.2. The number of carbonyl (C=O) groups is 3. The monoisotopic (exact) mass is 925 g/mol. The maximum Gasteiger partial charge on any atom is 0.472 e. The molecule has 0 spiro atoms. The van der Waals surface area contributed by atoms with E-state index in [1.807, 2.05) is 0 Å². The molecule has 0 radical (unpaired) electrons. The van der Waals surface area contributed by atoms with Gasteiger partial charge in [0.25, 0.3) is 0 Å². The zero-order valence-electron chi connectivity index (χ0n) is 40.7. The Hall–Kier alpha value is -2.56. The maximum atomic E-state index is 12.8. The molecule has 0 aliphatic heterocycles. The molecule has 0 bridgehead atoms. The van der Waals surface area contributed by atoms with Crippen molar-refractivity contribution >= 4 is 25.7 Å². The molecule has 0 heterocycles. The number of aliphatic hydroxyl groups is 1. The van der Waals surface area contributed by atoms with E-state index in [2.05, 4.69) is 69.4 Å². The van der Waals surface area contributed by atoms with Gasteiger partial charge < -0.3 is 24.2 Å². The number of hydrogen-bond acceptors (Lipinski definition) is 10. The summed E-state index contributed by atoms with van der Waals surface area (Å²) in [5.41, 5.74) is 0. The van der Waals surface area contributed by atoms with Crippen molar-refractivity contribution in [3.8, 4) is 0 Å². The molecule has 372 valence electrons. The Morgan fingerprint density at radius 1 is 0.453 bits per heavy atom. The summed E-state index contributed by atoms with van der Waals surface area (Å²) < 4.78 is 39.2. The van der Waals surface area contributed by atoms with Crippen LogP contribution in [0.15, 0.2) is 48.6 Å². The Labute approximate surface area is 390 Å². The van der Waals surface area contributed by atoms with Crippen molar-refractivity contribution in [3.05, 3.63) is 48.6 Å². The highest BCUT2D eigenvalue weighted by Crippen LogP contribution is 2.43. The van der Waals surface area contributed by atoms with Gasteiger partial charge in [-0.2, -0.15) is 0 Å². The fourth-order valence-electron chi connectivity index (χ4n) is 6.88. The first-order chi connectivity index (χ1) is 31.2. The molecule has 0 aromatic heterocycles. The summed E-state index contributed by atoms with van der Waals surface area (Å²) in [7, 11) is -4.74. The molecule has 0 aromatic rings. The summed E-state index contributed by atoms with van der Waals surface area (Å²) in [5, 5.41) is 9.73. The first kappa shape index (κ1) is 61.4. The van der Waals surface area contributed by atoms with E-state index in [1.165, 1.54) is 77.0 Å². The summed E-state index contributed by atoms with van der Waals surface area (Å²) in [4.78, 5) is 48.2. The third kappa shape index (κ3) is 44.6. The minimum absolute atomic E-state index is 0.142. The number of aliphatic hydroxyl groups excluding tert-OH is 1. The van der Waals surface area contributed by atoms with Gasteiger partial charge in [-0.25, -0.2) is 4.57 Å². The van der Waals surface area contributed by atoms with Gasteiger partial charge in [-0.1, -0.05) is 198 Å². The van der Waals surface area contributed by atoms with E-state index in [0.29, 0.717) is 19.3 Å². The molecule has 0 fully saturated rings. The lowest BCUT2D eigenvalue weighted by molar-refractivity contribution is -0.161. The minimum Gasteiger partial charge on any atom is -0.462 e. The molecule has 0 rings (SSSR count). The van der Waals surface area contributed by atoms with Crippen molar-refractivity contribution in [3.63, 3.8) is 0 Å². The van der Waals surface area contributed by atoms with Crippen molar-refractivity contribution in [2.45, 2.75) is 238 Å². The minimum atomic E-state index is -4.74. The highest BCUT2D eigenvalue weighted by molar-refractivity contribution is 7.47. The Bertz CT molecular complexity index is 1260. The van der Waals surface area contributed by atoms with Crippen LogP contribution in [0.1, 0.15) is 226 Å². The van der Waals surface area contributed by atoms with Crippen LogP contribution in [0, 0.1) is 0 Å². The predicted molar refractivity (Wildman–Crippen MR) is 261 cm³/mol. The van der Waals surface area contributed by atoms with Crippen molar-refractivity contribution in [1.82, 2.24) is 0 Å². The molecule has 64 heavy (non-hydrogen) atoms. The Kier molecular flexibility index (Phi) is 45.1. The van der Waals surface area contributed by atoms with E-state index in [-0.39, 0.29) is 25.9 Å². The van der Waals surface area contributed by atoms with Crippen LogP contribution in [0.4, 0.5) is 0 Å². The van der Waals surface area contributed by atoms with E-state index < -0.39 is 57.8 Å². The standard InChI is InChI=1S/C52H93O11P/c1-4-7-10-13-16-19-21-22-23-24-25-26-28-31-34-37-40-43-52(56)63-49(45-59-50(54)41-38-35-32-30-27-20-17-14-11-8-5-2)47-61-64(57,58)60-46-48(44-53)62-51(55)42-39-36-33-29-18-15-12-9-6-3/h7,10,16,19,22-23,25-26,48-49,53H,4-6,8-9,11-15,17-18,20-21,24,27-47H2,1-3H3,(H,57,58)/b10-7-,19-16-,23-22-,26-25-. The summed E-state index contributed by atoms with van der Waals surface area (Å²) in [6, 6.07) is 0. The normalized spacial score (nSPS) is 13.9. The first-order valence-electron chi connectivity index (χ1n) is 25.5. The molecular formula is C52H93O11P. The van der Waals surface area contributed by atoms with E-state index >= 15 is 0 Å². The van der Waals surface area contributed by atoms with Gasteiger partial charge in [-0.15, -0.1) is 0 Å². The molecule has 2 N–H and O–H groups in total. The molecule has 0 aliphatic carbocycles. The zero-order chi connectivity index (χ0) is 47.0. The zero-order valence-corrected chi connectivity index (χ0v) is 41.6. The summed E-state index contributed by atoms with van der Waals surface area (Å²) >= 11 is 0. The molecular weight excluding hydrogens is 832 g/mol. The number of allylic oxidation sites excluding steroid dienone is 8. The third-order valence-corrected chi connectivity index (χ3v) is 11.7. The second kappa shape index (κ2) is 47.0. The lowest BCUT2D eigenvalue weighted by Crippen LogP contribution is -2.30. The number of esters is 3. The lowest BCUT2D eigenvalue weighted by Gasteiger charge is -2.21. The fraction of sp³-hybridized carbons (Fsp3) is 0.788. The SMILES string of the molecule is CC/C=C\C/C=C\C/C=C\C/C=C\CCCCCCC(=O)OC(COC(=O)CCCCCCCCCCCCC)COP(=O)(O)OCC(CO)OC(=O)CCCCCCCCCCC. The van der Waals surface area contributed by atoms with Crippen molar-refractivity contribution in [2.75, 3.05) is 26.4 Å². The van der Waals surface area contributed by atoms with E-state index in [1.54, 1.807) is 0 Å². The Morgan fingerprint density at radius 2 is 0.812 bits per heavy atom. The second-order valence-corrected chi connectivity index (χ2v) is 18.4. The van der Waals surface area contributed by atoms with Gasteiger partial charge in [0.2, 0.25) is 0 Å². The lowest BCUT2D eigenvalue weighted by atomic mass is 10.1. The quantitative estimate of drug-likeness (QED) is 0.0197. The molecule has 0 aliphatic rings. The van der Waals surface area contributed by atoms with Crippen molar-refractivity contribution < 1.29 is 52.2 Å². The third-order valence-electron chi connectivity index (χ3n) is 10.8. The number of hydrogen-bond donors (Lipinski definition) is 2. The van der Waals surface area contributed by atoms with Crippen LogP contribution in [0.5, 0.6) is 0 Å². The summed E-state index contributed by atoms with van der Waals surface area (Å²) in [5.74, 6) is -1.49. The van der Waals surface area contributed by atoms with E-state index in [4.69, 9.17) is 23.3 Å². The number of phosphoric ester groups is 1.